The van der Waals surface area contributed by atoms with E-state index in [1.165, 1.54) is 7.11 Å². The molecule has 0 amide bonds. The molecule has 1 aromatic rings. The van der Waals surface area contributed by atoms with E-state index >= 15 is 0 Å². The largest absolute Gasteiger partial charge is 0.465 e. The Labute approximate surface area is 107 Å². The van der Waals surface area contributed by atoms with Crippen molar-refractivity contribution in [3.8, 4) is 0 Å². The van der Waals surface area contributed by atoms with E-state index in [1.54, 1.807) is 19.2 Å². The Kier molecular flexibility index (Phi) is 5.61. The molecule has 0 heterocycles. The van der Waals surface area contributed by atoms with E-state index in [4.69, 9.17) is 15.2 Å². The monoisotopic (exact) mass is 252 g/mol. The second-order valence-electron chi connectivity index (χ2n) is 4.01. The Hall–Kier alpha value is -1.59. The van der Waals surface area contributed by atoms with Gasteiger partial charge in [-0.05, 0) is 24.6 Å². The van der Waals surface area contributed by atoms with Crippen molar-refractivity contribution in [2.45, 2.75) is 13.0 Å². The number of carbonyl (C=O) groups is 1. The van der Waals surface area contributed by atoms with Crippen molar-refractivity contribution in [2.24, 2.45) is 0 Å². The molecule has 0 saturated carbocycles. The number of hydrogen-bond donors (Lipinski definition) is 2. The molecule has 0 aliphatic rings. The van der Waals surface area contributed by atoms with Crippen LogP contribution in [-0.2, 0) is 9.47 Å². The maximum atomic E-state index is 11.5. The molecular formula is C13H20N2O3. The first-order valence-corrected chi connectivity index (χ1v) is 5.80. The molecule has 0 aliphatic carbocycles. The first-order valence-electron chi connectivity index (χ1n) is 5.80. The van der Waals surface area contributed by atoms with Gasteiger partial charge in [-0.2, -0.15) is 0 Å². The molecule has 3 N–H and O–H groups in total. The summed E-state index contributed by atoms with van der Waals surface area (Å²) in [5.74, 6) is -0.418. The summed E-state index contributed by atoms with van der Waals surface area (Å²) >= 11 is 0. The van der Waals surface area contributed by atoms with Crippen LogP contribution in [0.2, 0.25) is 0 Å². The Bertz CT molecular complexity index is 407. The van der Waals surface area contributed by atoms with E-state index in [1.807, 2.05) is 13.0 Å². The highest BCUT2D eigenvalue weighted by Gasteiger charge is 2.13. The number of nitrogens with one attached hydrogen (secondary N) is 1. The van der Waals surface area contributed by atoms with E-state index in [2.05, 4.69) is 5.32 Å². The van der Waals surface area contributed by atoms with Crippen LogP contribution in [-0.4, -0.2) is 33.3 Å². The van der Waals surface area contributed by atoms with Gasteiger partial charge < -0.3 is 20.5 Å². The van der Waals surface area contributed by atoms with Gasteiger partial charge in [0.2, 0.25) is 0 Å². The molecule has 1 rings (SSSR count). The van der Waals surface area contributed by atoms with Crippen LogP contribution in [0.5, 0.6) is 0 Å². The smallest absolute Gasteiger partial charge is 0.339 e. The van der Waals surface area contributed by atoms with Gasteiger partial charge in [0.15, 0.2) is 0 Å². The van der Waals surface area contributed by atoms with Crippen LogP contribution < -0.4 is 11.1 Å². The zero-order valence-electron chi connectivity index (χ0n) is 11.0. The topological polar surface area (TPSA) is 73.6 Å². The van der Waals surface area contributed by atoms with Gasteiger partial charge in [0.05, 0.1) is 19.3 Å². The molecule has 1 atom stereocenters. The van der Waals surface area contributed by atoms with Crippen LogP contribution in [0.15, 0.2) is 18.2 Å². The summed E-state index contributed by atoms with van der Waals surface area (Å²) in [5.41, 5.74) is 7.56. The molecule has 5 heteroatoms. The number of ether oxygens (including phenoxy) is 2. The quantitative estimate of drug-likeness (QED) is 0.454. The molecule has 1 unspecified atom stereocenters. The summed E-state index contributed by atoms with van der Waals surface area (Å²) in [6.45, 7) is 3.40. The fraction of sp³-hybridized carbons (Fsp3) is 0.462. The highest BCUT2D eigenvalue weighted by Crippen LogP contribution is 2.20. The van der Waals surface area contributed by atoms with Crippen molar-refractivity contribution in [2.75, 3.05) is 33.1 Å². The molecule has 0 saturated heterocycles. The van der Waals surface area contributed by atoms with Gasteiger partial charge in [-0.25, -0.2) is 4.79 Å². The normalized spacial score (nSPS) is 12.2. The van der Waals surface area contributed by atoms with E-state index in [9.17, 15) is 4.79 Å². The number of esters is 1. The summed E-state index contributed by atoms with van der Waals surface area (Å²) in [6.07, 6.45) is 0. The fourth-order valence-electron chi connectivity index (χ4n) is 1.63. The van der Waals surface area contributed by atoms with Gasteiger partial charge in [0.25, 0.3) is 0 Å². The maximum absolute atomic E-state index is 11.5. The standard InChI is InChI=1S/C13H20N2O3/c1-9(15-6-7-17-2)10-4-5-12(14)11(8-10)13(16)18-3/h4-5,8-9,15H,6-7,14H2,1-3H3. The molecule has 5 nitrogen and oxygen atoms in total. The number of anilines is 1. The summed E-state index contributed by atoms with van der Waals surface area (Å²) < 4.78 is 9.66. The Morgan fingerprint density at radius 2 is 2.17 bits per heavy atom. The highest BCUT2D eigenvalue weighted by atomic mass is 16.5. The molecule has 0 spiro atoms. The molecular weight excluding hydrogens is 232 g/mol. The predicted molar refractivity (Wildman–Crippen MR) is 70.5 cm³/mol. The van der Waals surface area contributed by atoms with Crippen molar-refractivity contribution in [3.05, 3.63) is 29.3 Å². The van der Waals surface area contributed by atoms with Gasteiger partial charge >= 0.3 is 5.97 Å². The van der Waals surface area contributed by atoms with Crippen LogP contribution in [0.3, 0.4) is 0 Å². The molecule has 0 aromatic heterocycles. The molecule has 0 bridgehead atoms. The zero-order valence-corrected chi connectivity index (χ0v) is 11.0. The van der Waals surface area contributed by atoms with Gasteiger partial charge in [0.1, 0.15) is 0 Å². The average Bonchev–Trinajstić information content (AvgIpc) is 2.38. The van der Waals surface area contributed by atoms with Crippen LogP contribution in [0.25, 0.3) is 0 Å². The number of nitrogens with two attached hydrogens (primary N) is 1. The van der Waals surface area contributed by atoms with Crippen molar-refractivity contribution in [3.63, 3.8) is 0 Å². The minimum Gasteiger partial charge on any atom is -0.465 e. The van der Waals surface area contributed by atoms with E-state index < -0.39 is 5.97 Å². The molecule has 0 aliphatic heterocycles. The minimum atomic E-state index is -0.418. The number of methoxy groups -OCH3 is 2. The fourth-order valence-corrected chi connectivity index (χ4v) is 1.63. The van der Waals surface area contributed by atoms with Gasteiger partial charge in [0, 0.05) is 25.4 Å². The summed E-state index contributed by atoms with van der Waals surface area (Å²) in [6, 6.07) is 5.48. The molecule has 0 radical (unpaired) electrons. The second-order valence-corrected chi connectivity index (χ2v) is 4.01. The van der Waals surface area contributed by atoms with Crippen LogP contribution in [0.4, 0.5) is 5.69 Å². The van der Waals surface area contributed by atoms with E-state index in [0.29, 0.717) is 17.9 Å². The third kappa shape index (κ3) is 3.72. The van der Waals surface area contributed by atoms with Crippen molar-refractivity contribution in [1.29, 1.82) is 0 Å². The van der Waals surface area contributed by atoms with Crippen molar-refractivity contribution >= 4 is 11.7 Å². The molecule has 18 heavy (non-hydrogen) atoms. The van der Waals surface area contributed by atoms with E-state index in [0.717, 1.165) is 12.1 Å². The first-order chi connectivity index (χ1) is 8.60. The van der Waals surface area contributed by atoms with Crippen LogP contribution in [0.1, 0.15) is 28.9 Å². The summed E-state index contributed by atoms with van der Waals surface area (Å²) in [7, 11) is 3.00. The molecule has 100 valence electrons. The highest BCUT2D eigenvalue weighted by molar-refractivity contribution is 5.95. The maximum Gasteiger partial charge on any atom is 0.339 e. The average molecular weight is 252 g/mol. The number of hydrogen-bond acceptors (Lipinski definition) is 5. The SMILES string of the molecule is COCCNC(C)c1ccc(N)c(C(=O)OC)c1. The first kappa shape index (κ1) is 14.5. The minimum absolute atomic E-state index is 0.115. The second kappa shape index (κ2) is 6.98. The van der Waals surface area contributed by atoms with Crippen molar-refractivity contribution in [1.82, 2.24) is 5.32 Å². The summed E-state index contributed by atoms with van der Waals surface area (Å²) in [4.78, 5) is 11.5. The third-order valence-electron chi connectivity index (χ3n) is 2.74. The molecule has 1 aromatic carbocycles. The van der Waals surface area contributed by atoms with Crippen molar-refractivity contribution < 1.29 is 14.3 Å². The third-order valence-corrected chi connectivity index (χ3v) is 2.74. The molecule has 0 fully saturated rings. The lowest BCUT2D eigenvalue weighted by Gasteiger charge is -2.15. The number of benzene rings is 1. The Morgan fingerprint density at radius 1 is 1.44 bits per heavy atom. The lowest BCUT2D eigenvalue weighted by Crippen LogP contribution is -2.23. The number of nitrogen functional groups attached to an aromatic ring is 1. The lowest BCUT2D eigenvalue weighted by molar-refractivity contribution is 0.0602. The van der Waals surface area contributed by atoms with Crippen LogP contribution >= 0.6 is 0 Å². The Balaban J connectivity index is 2.80. The zero-order chi connectivity index (χ0) is 13.5. The summed E-state index contributed by atoms with van der Waals surface area (Å²) in [5, 5.41) is 3.29. The Morgan fingerprint density at radius 3 is 2.78 bits per heavy atom. The van der Waals surface area contributed by atoms with Gasteiger partial charge in [-0.1, -0.05) is 6.07 Å². The van der Waals surface area contributed by atoms with Gasteiger partial charge in [-0.15, -0.1) is 0 Å². The van der Waals surface area contributed by atoms with Gasteiger partial charge in [-0.3, -0.25) is 0 Å². The van der Waals surface area contributed by atoms with E-state index in [-0.39, 0.29) is 6.04 Å². The number of carbonyl (C=O) groups excluding carboxylic acids is 1. The number of rotatable bonds is 6. The predicted octanol–water partition coefficient (Wildman–Crippen LogP) is 1.35. The van der Waals surface area contributed by atoms with Crippen LogP contribution in [0, 0.1) is 0 Å². The lowest BCUT2D eigenvalue weighted by atomic mass is 10.0.